The number of nitriles is 1. The fraction of sp³-hybridized carbons (Fsp3) is 0.273. The zero-order valence-corrected chi connectivity index (χ0v) is 8.69. The average Bonchev–Trinajstić information content (AvgIpc) is 2.27. The predicted molar refractivity (Wildman–Crippen MR) is 57.1 cm³/mol. The van der Waals surface area contributed by atoms with Gasteiger partial charge in [-0.3, -0.25) is 0 Å². The van der Waals surface area contributed by atoms with Gasteiger partial charge in [-0.15, -0.1) is 0 Å². The molecule has 0 aliphatic heterocycles. The molecule has 0 heterocycles. The van der Waals surface area contributed by atoms with Crippen LogP contribution in [-0.2, 0) is 0 Å². The second-order valence-electron chi connectivity index (χ2n) is 3.16. The number of carboxylic acids is 1. The van der Waals surface area contributed by atoms with Crippen LogP contribution in [0.4, 0.5) is 5.69 Å². The van der Waals surface area contributed by atoms with E-state index in [1.54, 1.807) is 6.07 Å². The van der Waals surface area contributed by atoms with Crippen LogP contribution in [0, 0.1) is 11.3 Å². The van der Waals surface area contributed by atoms with Crippen molar-refractivity contribution in [3.63, 3.8) is 0 Å². The molecule has 0 radical (unpaired) electrons. The summed E-state index contributed by atoms with van der Waals surface area (Å²) in [4.78, 5) is 12.6. The number of aromatic carboxylic acids is 1. The molecular formula is C11H12N2O2. The lowest BCUT2D eigenvalue weighted by molar-refractivity contribution is 0.0697. The van der Waals surface area contributed by atoms with Crippen LogP contribution in [-0.4, -0.2) is 24.7 Å². The van der Waals surface area contributed by atoms with E-state index in [2.05, 4.69) is 0 Å². The quantitative estimate of drug-likeness (QED) is 0.814. The van der Waals surface area contributed by atoms with Gasteiger partial charge in [-0.25, -0.2) is 4.79 Å². The number of nitrogens with zero attached hydrogens (tertiary/aromatic N) is 2. The van der Waals surface area contributed by atoms with Gasteiger partial charge in [0.15, 0.2) is 0 Å². The van der Waals surface area contributed by atoms with Gasteiger partial charge < -0.3 is 10.0 Å². The highest BCUT2D eigenvalue weighted by Crippen LogP contribution is 2.20. The van der Waals surface area contributed by atoms with E-state index in [9.17, 15) is 4.79 Å². The summed E-state index contributed by atoms with van der Waals surface area (Å²) in [6.45, 7) is 2.73. The molecule has 0 saturated heterocycles. The minimum atomic E-state index is -1.02. The van der Waals surface area contributed by atoms with Crippen molar-refractivity contribution in [2.45, 2.75) is 6.92 Å². The molecular weight excluding hydrogens is 192 g/mol. The standard InChI is InChI=1S/C11H12N2O2/c1-3-13(2)10-5-4-8(11(14)15)6-9(10)7-12/h4-6H,3H2,1-2H3,(H,14,15). The van der Waals surface area contributed by atoms with Crippen LogP contribution < -0.4 is 4.90 Å². The van der Waals surface area contributed by atoms with Crippen molar-refractivity contribution >= 4 is 11.7 Å². The van der Waals surface area contributed by atoms with Gasteiger partial charge in [-0.2, -0.15) is 5.26 Å². The molecule has 0 atom stereocenters. The molecule has 1 aromatic carbocycles. The molecule has 0 bridgehead atoms. The van der Waals surface area contributed by atoms with Crippen LogP contribution in [0.15, 0.2) is 18.2 Å². The van der Waals surface area contributed by atoms with Crippen LogP contribution in [0.3, 0.4) is 0 Å². The lowest BCUT2D eigenvalue weighted by Gasteiger charge is -2.18. The summed E-state index contributed by atoms with van der Waals surface area (Å²) in [5, 5.41) is 17.7. The monoisotopic (exact) mass is 204 g/mol. The SMILES string of the molecule is CCN(C)c1ccc(C(=O)O)cc1C#N. The summed E-state index contributed by atoms with van der Waals surface area (Å²) < 4.78 is 0. The third-order valence-corrected chi connectivity index (χ3v) is 2.25. The Hall–Kier alpha value is -2.02. The smallest absolute Gasteiger partial charge is 0.335 e. The van der Waals surface area contributed by atoms with E-state index in [1.165, 1.54) is 12.1 Å². The molecule has 0 aromatic heterocycles. The molecule has 15 heavy (non-hydrogen) atoms. The Kier molecular flexibility index (Phi) is 3.29. The van der Waals surface area contributed by atoms with Crippen molar-refractivity contribution in [1.82, 2.24) is 0 Å². The molecule has 0 fully saturated rings. The van der Waals surface area contributed by atoms with E-state index in [1.807, 2.05) is 24.9 Å². The molecule has 0 amide bonds. The van der Waals surface area contributed by atoms with E-state index in [-0.39, 0.29) is 5.56 Å². The Morgan fingerprint density at radius 2 is 2.27 bits per heavy atom. The van der Waals surface area contributed by atoms with Crippen molar-refractivity contribution in [2.75, 3.05) is 18.5 Å². The van der Waals surface area contributed by atoms with Gasteiger partial charge in [0.25, 0.3) is 0 Å². The van der Waals surface area contributed by atoms with Gasteiger partial charge in [0.05, 0.1) is 16.8 Å². The van der Waals surface area contributed by atoms with Crippen molar-refractivity contribution in [3.05, 3.63) is 29.3 Å². The Labute approximate surface area is 88.4 Å². The lowest BCUT2D eigenvalue weighted by atomic mass is 10.1. The Bertz CT molecular complexity index is 421. The number of benzene rings is 1. The molecule has 0 unspecified atom stereocenters. The van der Waals surface area contributed by atoms with Gasteiger partial charge in [0.1, 0.15) is 6.07 Å². The molecule has 1 aromatic rings. The Morgan fingerprint density at radius 3 is 2.73 bits per heavy atom. The second-order valence-corrected chi connectivity index (χ2v) is 3.16. The third-order valence-electron chi connectivity index (χ3n) is 2.25. The zero-order chi connectivity index (χ0) is 11.4. The van der Waals surface area contributed by atoms with E-state index < -0.39 is 5.97 Å². The molecule has 0 aliphatic rings. The molecule has 4 heteroatoms. The first-order chi connectivity index (χ1) is 7.10. The highest BCUT2D eigenvalue weighted by atomic mass is 16.4. The number of carboxylic acid groups (broad SMARTS) is 1. The first kappa shape index (κ1) is 11.1. The molecule has 0 aliphatic carbocycles. The number of carbonyl (C=O) groups is 1. The maximum Gasteiger partial charge on any atom is 0.335 e. The fourth-order valence-corrected chi connectivity index (χ4v) is 1.26. The fourth-order valence-electron chi connectivity index (χ4n) is 1.26. The van der Waals surface area contributed by atoms with E-state index in [0.29, 0.717) is 5.56 Å². The maximum absolute atomic E-state index is 10.7. The van der Waals surface area contributed by atoms with E-state index >= 15 is 0 Å². The number of hydrogen-bond donors (Lipinski definition) is 1. The second kappa shape index (κ2) is 4.47. The van der Waals surface area contributed by atoms with Crippen LogP contribution >= 0.6 is 0 Å². The molecule has 0 saturated carbocycles. The van der Waals surface area contributed by atoms with Crippen LogP contribution in [0.1, 0.15) is 22.8 Å². The molecule has 1 N–H and O–H groups in total. The van der Waals surface area contributed by atoms with Gasteiger partial charge >= 0.3 is 5.97 Å². The summed E-state index contributed by atoms with van der Waals surface area (Å²) in [6, 6.07) is 6.56. The zero-order valence-electron chi connectivity index (χ0n) is 8.69. The largest absolute Gasteiger partial charge is 0.478 e. The van der Waals surface area contributed by atoms with Crippen molar-refractivity contribution in [2.24, 2.45) is 0 Å². The van der Waals surface area contributed by atoms with E-state index in [4.69, 9.17) is 10.4 Å². The summed E-state index contributed by atoms with van der Waals surface area (Å²) in [5.74, 6) is -1.02. The molecule has 4 nitrogen and oxygen atoms in total. The predicted octanol–water partition coefficient (Wildman–Crippen LogP) is 1.71. The molecule has 1 rings (SSSR count). The van der Waals surface area contributed by atoms with Crippen LogP contribution in [0.25, 0.3) is 0 Å². The first-order valence-corrected chi connectivity index (χ1v) is 4.58. The topological polar surface area (TPSA) is 64.3 Å². The lowest BCUT2D eigenvalue weighted by Crippen LogP contribution is -2.17. The van der Waals surface area contributed by atoms with Crippen LogP contribution in [0.5, 0.6) is 0 Å². The van der Waals surface area contributed by atoms with Crippen molar-refractivity contribution < 1.29 is 9.90 Å². The average molecular weight is 204 g/mol. The number of hydrogen-bond acceptors (Lipinski definition) is 3. The highest BCUT2D eigenvalue weighted by Gasteiger charge is 2.10. The summed E-state index contributed by atoms with van der Waals surface area (Å²) in [6.07, 6.45) is 0. The maximum atomic E-state index is 10.7. The van der Waals surface area contributed by atoms with Gasteiger partial charge in [-0.1, -0.05) is 0 Å². The summed E-state index contributed by atoms with van der Waals surface area (Å²) >= 11 is 0. The van der Waals surface area contributed by atoms with Crippen molar-refractivity contribution in [1.29, 1.82) is 5.26 Å². The third kappa shape index (κ3) is 2.26. The van der Waals surface area contributed by atoms with Crippen molar-refractivity contribution in [3.8, 4) is 6.07 Å². The minimum Gasteiger partial charge on any atom is -0.478 e. The van der Waals surface area contributed by atoms with E-state index in [0.717, 1.165) is 12.2 Å². The normalized spacial score (nSPS) is 9.40. The highest BCUT2D eigenvalue weighted by molar-refractivity contribution is 5.89. The number of rotatable bonds is 3. The Morgan fingerprint density at radius 1 is 1.60 bits per heavy atom. The molecule has 0 spiro atoms. The summed E-state index contributed by atoms with van der Waals surface area (Å²) in [5.41, 5.74) is 1.28. The van der Waals surface area contributed by atoms with Gasteiger partial charge in [0, 0.05) is 13.6 Å². The van der Waals surface area contributed by atoms with Gasteiger partial charge in [0.2, 0.25) is 0 Å². The summed E-state index contributed by atoms with van der Waals surface area (Å²) in [7, 11) is 1.86. The minimum absolute atomic E-state index is 0.139. The van der Waals surface area contributed by atoms with Gasteiger partial charge in [-0.05, 0) is 25.1 Å². The Balaban J connectivity index is 3.22. The molecule has 78 valence electrons. The first-order valence-electron chi connectivity index (χ1n) is 4.58. The number of anilines is 1. The van der Waals surface area contributed by atoms with Crippen LogP contribution in [0.2, 0.25) is 0 Å².